The van der Waals surface area contributed by atoms with Gasteiger partial charge in [-0.25, -0.2) is 4.39 Å². The zero-order valence-electron chi connectivity index (χ0n) is 6.87. The number of nitrogens with one attached hydrogen (secondary N) is 1. The Kier molecular flexibility index (Phi) is 2.35. The van der Waals surface area contributed by atoms with Gasteiger partial charge in [-0.15, -0.1) is 0 Å². The number of hydrogen-bond acceptors (Lipinski definition) is 2. The highest BCUT2D eigenvalue weighted by molar-refractivity contribution is 7.71. The van der Waals surface area contributed by atoms with Crippen LogP contribution in [0.25, 0.3) is 5.69 Å². The van der Waals surface area contributed by atoms with Crippen molar-refractivity contribution < 1.29 is 4.39 Å². The van der Waals surface area contributed by atoms with Crippen LogP contribution in [0.1, 0.15) is 0 Å². The van der Waals surface area contributed by atoms with Crippen LogP contribution in [0.15, 0.2) is 24.5 Å². The van der Waals surface area contributed by atoms with E-state index in [9.17, 15) is 4.39 Å². The van der Waals surface area contributed by atoms with Crippen LogP contribution >= 0.6 is 23.8 Å². The number of H-pyrrole nitrogens is 1. The van der Waals surface area contributed by atoms with Crippen molar-refractivity contribution in [1.82, 2.24) is 14.8 Å². The number of rotatable bonds is 1. The summed E-state index contributed by atoms with van der Waals surface area (Å²) in [6.07, 6.45) is 1.38. The van der Waals surface area contributed by atoms with Crippen molar-refractivity contribution in [2.75, 3.05) is 0 Å². The van der Waals surface area contributed by atoms with E-state index in [4.69, 9.17) is 23.8 Å². The highest BCUT2D eigenvalue weighted by atomic mass is 35.5. The molecule has 14 heavy (non-hydrogen) atoms. The van der Waals surface area contributed by atoms with Crippen molar-refractivity contribution in [2.45, 2.75) is 0 Å². The maximum Gasteiger partial charge on any atom is 0.199 e. The fourth-order valence-corrected chi connectivity index (χ4v) is 1.57. The van der Waals surface area contributed by atoms with Gasteiger partial charge in [-0.05, 0) is 24.4 Å². The topological polar surface area (TPSA) is 33.6 Å². The lowest BCUT2D eigenvalue weighted by molar-refractivity contribution is 0.617. The first-order valence-electron chi connectivity index (χ1n) is 3.76. The van der Waals surface area contributed by atoms with Gasteiger partial charge in [-0.1, -0.05) is 17.7 Å². The number of hydrogen-bond donors (Lipinski definition) is 1. The van der Waals surface area contributed by atoms with Crippen LogP contribution in [0.3, 0.4) is 0 Å². The Morgan fingerprint density at radius 1 is 1.50 bits per heavy atom. The SMILES string of the molecule is Fc1cccc(Cl)c1-n1cn[nH]c1=S. The third kappa shape index (κ3) is 1.44. The summed E-state index contributed by atoms with van der Waals surface area (Å²) >= 11 is 10.8. The first kappa shape index (κ1) is 9.36. The molecule has 72 valence electrons. The van der Waals surface area contributed by atoms with E-state index in [2.05, 4.69) is 10.2 Å². The zero-order chi connectivity index (χ0) is 10.1. The molecule has 0 aliphatic carbocycles. The lowest BCUT2D eigenvalue weighted by Gasteiger charge is -2.04. The first-order valence-corrected chi connectivity index (χ1v) is 4.55. The van der Waals surface area contributed by atoms with Gasteiger partial charge in [0.2, 0.25) is 0 Å². The molecule has 3 nitrogen and oxygen atoms in total. The molecule has 0 bridgehead atoms. The summed E-state index contributed by atoms with van der Waals surface area (Å²) in [5.74, 6) is -0.435. The van der Waals surface area contributed by atoms with E-state index in [1.807, 2.05) is 0 Å². The Bertz CT molecular complexity index is 499. The van der Waals surface area contributed by atoms with Gasteiger partial charge in [0.15, 0.2) is 4.77 Å². The van der Waals surface area contributed by atoms with Gasteiger partial charge in [-0.3, -0.25) is 9.67 Å². The fourth-order valence-electron chi connectivity index (χ4n) is 1.13. The van der Waals surface area contributed by atoms with Crippen molar-refractivity contribution in [2.24, 2.45) is 0 Å². The van der Waals surface area contributed by atoms with Gasteiger partial charge in [0, 0.05) is 0 Å². The monoisotopic (exact) mass is 229 g/mol. The molecule has 2 aromatic rings. The highest BCUT2D eigenvalue weighted by Gasteiger charge is 2.09. The van der Waals surface area contributed by atoms with Crippen molar-refractivity contribution in [3.05, 3.63) is 40.1 Å². The smallest absolute Gasteiger partial charge is 0.199 e. The molecule has 0 atom stereocenters. The minimum absolute atomic E-state index is 0.216. The molecule has 1 aromatic carbocycles. The molecule has 0 radical (unpaired) electrons. The molecule has 0 aliphatic rings. The second kappa shape index (κ2) is 3.51. The standard InChI is InChI=1S/C8H5ClFN3S/c9-5-2-1-3-6(10)7(5)13-4-11-12-8(13)14/h1-4H,(H,12,14). The van der Waals surface area contributed by atoms with Gasteiger partial charge < -0.3 is 0 Å². The third-order valence-electron chi connectivity index (χ3n) is 1.73. The molecular formula is C8H5ClFN3S. The predicted molar refractivity (Wildman–Crippen MR) is 53.7 cm³/mol. The van der Waals surface area contributed by atoms with E-state index in [0.29, 0.717) is 9.79 Å². The minimum atomic E-state index is -0.435. The summed E-state index contributed by atoms with van der Waals surface area (Å²) in [5, 5.41) is 6.51. The van der Waals surface area contributed by atoms with E-state index in [-0.39, 0.29) is 5.69 Å². The third-order valence-corrected chi connectivity index (χ3v) is 2.32. The Hall–Kier alpha value is -1.20. The van der Waals surface area contributed by atoms with Crippen LogP contribution in [0.5, 0.6) is 0 Å². The molecule has 1 heterocycles. The van der Waals surface area contributed by atoms with E-state index >= 15 is 0 Å². The van der Waals surface area contributed by atoms with E-state index in [1.54, 1.807) is 6.07 Å². The van der Waals surface area contributed by atoms with Gasteiger partial charge in [-0.2, -0.15) is 5.10 Å². The normalized spacial score (nSPS) is 10.4. The second-order valence-electron chi connectivity index (χ2n) is 2.60. The van der Waals surface area contributed by atoms with Crippen LogP contribution in [-0.2, 0) is 0 Å². The van der Waals surface area contributed by atoms with Gasteiger partial charge >= 0.3 is 0 Å². The first-order chi connectivity index (χ1) is 6.70. The maximum atomic E-state index is 13.4. The quantitative estimate of drug-likeness (QED) is 0.763. The summed E-state index contributed by atoms with van der Waals surface area (Å²) in [4.78, 5) is 0. The number of para-hydroxylation sites is 1. The summed E-state index contributed by atoms with van der Waals surface area (Å²) in [6.45, 7) is 0. The Morgan fingerprint density at radius 3 is 2.86 bits per heavy atom. The largest absolute Gasteiger partial charge is 0.270 e. The zero-order valence-corrected chi connectivity index (χ0v) is 8.44. The molecule has 2 rings (SSSR count). The molecule has 0 unspecified atom stereocenters. The number of nitrogens with zero attached hydrogens (tertiary/aromatic N) is 2. The number of aromatic amines is 1. The maximum absolute atomic E-state index is 13.4. The number of benzene rings is 1. The van der Waals surface area contributed by atoms with Crippen LogP contribution in [-0.4, -0.2) is 14.8 Å². The average molecular weight is 230 g/mol. The summed E-state index contributed by atoms with van der Waals surface area (Å²) < 4.78 is 15.1. The van der Waals surface area contributed by atoms with E-state index < -0.39 is 5.82 Å². The predicted octanol–water partition coefficient (Wildman–Crippen LogP) is 2.72. The van der Waals surface area contributed by atoms with E-state index in [1.165, 1.54) is 23.0 Å². The summed E-state index contributed by atoms with van der Waals surface area (Å²) in [5.41, 5.74) is 0.216. The summed E-state index contributed by atoms with van der Waals surface area (Å²) in [6, 6.07) is 4.44. The summed E-state index contributed by atoms with van der Waals surface area (Å²) in [7, 11) is 0. The van der Waals surface area contributed by atoms with Crippen molar-refractivity contribution in [3.63, 3.8) is 0 Å². The van der Waals surface area contributed by atoms with Gasteiger partial charge in [0.25, 0.3) is 0 Å². The lowest BCUT2D eigenvalue weighted by atomic mass is 10.3. The average Bonchev–Trinajstić information content (AvgIpc) is 2.52. The van der Waals surface area contributed by atoms with Crippen LogP contribution in [0.4, 0.5) is 4.39 Å². The van der Waals surface area contributed by atoms with Crippen molar-refractivity contribution in [3.8, 4) is 5.69 Å². The van der Waals surface area contributed by atoms with E-state index in [0.717, 1.165) is 0 Å². The molecule has 0 spiro atoms. The number of halogens is 2. The Balaban J connectivity index is 2.74. The Labute approximate surface area is 89.1 Å². The second-order valence-corrected chi connectivity index (χ2v) is 3.40. The Morgan fingerprint density at radius 2 is 2.29 bits per heavy atom. The van der Waals surface area contributed by atoms with Gasteiger partial charge in [0.1, 0.15) is 17.8 Å². The molecule has 0 amide bonds. The minimum Gasteiger partial charge on any atom is -0.270 e. The van der Waals surface area contributed by atoms with Crippen molar-refractivity contribution >= 4 is 23.8 Å². The molecule has 1 N–H and O–H groups in total. The van der Waals surface area contributed by atoms with Crippen LogP contribution in [0.2, 0.25) is 5.02 Å². The van der Waals surface area contributed by atoms with Crippen LogP contribution in [0, 0.1) is 10.6 Å². The van der Waals surface area contributed by atoms with Crippen LogP contribution < -0.4 is 0 Å². The molecule has 0 aliphatic heterocycles. The van der Waals surface area contributed by atoms with Crippen molar-refractivity contribution in [1.29, 1.82) is 0 Å². The molecule has 0 saturated heterocycles. The van der Waals surface area contributed by atoms with Gasteiger partial charge in [0.05, 0.1) is 5.02 Å². The lowest BCUT2D eigenvalue weighted by Crippen LogP contribution is -1.97. The molecule has 0 saturated carbocycles. The highest BCUT2D eigenvalue weighted by Crippen LogP contribution is 2.22. The molecule has 6 heteroatoms. The molecule has 0 fully saturated rings. The number of aromatic nitrogens is 3. The molecular weight excluding hydrogens is 225 g/mol. The fraction of sp³-hybridized carbons (Fsp3) is 0. The molecule has 1 aromatic heterocycles.